The summed E-state index contributed by atoms with van der Waals surface area (Å²) < 4.78 is 5.12. The number of rotatable bonds is 3. The predicted molar refractivity (Wildman–Crippen MR) is 95.3 cm³/mol. The van der Waals surface area contributed by atoms with E-state index in [1.54, 1.807) is 6.92 Å². The number of nitrogens with zero attached hydrogens (tertiary/aromatic N) is 5. The molecule has 0 spiro atoms. The van der Waals surface area contributed by atoms with Gasteiger partial charge < -0.3 is 20.5 Å². The molecule has 4 rings (SSSR count). The van der Waals surface area contributed by atoms with E-state index in [1.165, 1.54) is 6.92 Å². The molecule has 1 fully saturated rings. The van der Waals surface area contributed by atoms with Crippen LogP contribution in [0.15, 0.2) is 28.8 Å². The Morgan fingerprint density at radius 2 is 2.12 bits per heavy atom. The topological polar surface area (TPSA) is 123 Å². The first-order valence-corrected chi connectivity index (χ1v) is 8.34. The molecule has 1 saturated heterocycles. The van der Waals surface area contributed by atoms with E-state index >= 15 is 0 Å². The number of nitrogens with two attached hydrogens (primary N) is 1. The fourth-order valence-electron chi connectivity index (χ4n) is 3.38. The molecule has 134 valence electrons. The molecule has 1 atom stereocenters. The number of aryl methyl sites for hydroxylation is 1. The molecule has 0 unspecified atom stereocenters. The number of aromatic nitrogens is 4. The number of carbonyl (C=O) groups is 1. The molecule has 3 N–H and O–H groups in total. The van der Waals surface area contributed by atoms with Crippen LogP contribution in [0.1, 0.15) is 25.1 Å². The van der Waals surface area contributed by atoms with Crippen molar-refractivity contribution in [2.45, 2.75) is 25.8 Å². The van der Waals surface area contributed by atoms with Crippen LogP contribution in [-0.4, -0.2) is 39.1 Å². The first kappa shape index (κ1) is 16.2. The van der Waals surface area contributed by atoms with E-state index in [0.29, 0.717) is 43.0 Å². The summed E-state index contributed by atoms with van der Waals surface area (Å²) in [5, 5.41) is 7.83. The van der Waals surface area contributed by atoms with Gasteiger partial charge in [-0.1, -0.05) is 17.3 Å². The molecule has 0 radical (unpaired) electrons. The number of carbonyl (C=O) groups excluding carboxylic acids is 1. The van der Waals surface area contributed by atoms with Gasteiger partial charge in [0.2, 0.25) is 17.7 Å². The second kappa shape index (κ2) is 5.94. The molecule has 26 heavy (non-hydrogen) atoms. The van der Waals surface area contributed by atoms with E-state index in [9.17, 15) is 4.79 Å². The Labute approximate surface area is 149 Å². The maximum atomic E-state index is 11.8. The molecule has 2 aromatic heterocycles. The Morgan fingerprint density at radius 1 is 1.31 bits per heavy atom. The molecule has 9 heteroatoms. The molecule has 3 aromatic rings. The van der Waals surface area contributed by atoms with Crippen molar-refractivity contribution in [1.29, 1.82) is 0 Å². The lowest BCUT2D eigenvalue weighted by Gasteiger charge is -2.26. The average molecular weight is 353 g/mol. The van der Waals surface area contributed by atoms with Crippen molar-refractivity contribution in [3.05, 3.63) is 36.0 Å². The minimum absolute atomic E-state index is 0.159. The third-order valence-electron chi connectivity index (χ3n) is 4.54. The first-order chi connectivity index (χ1) is 12.5. The maximum absolute atomic E-state index is 11.8. The van der Waals surface area contributed by atoms with Crippen molar-refractivity contribution in [3.8, 4) is 0 Å². The fourth-order valence-corrected chi connectivity index (χ4v) is 3.38. The van der Waals surface area contributed by atoms with E-state index in [-0.39, 0.29) is 5.91 Å². The Balaban J connectivity index is 1.71. The molecular weight excluding hydrogens is 334 g/mol. The number of fused-ring (bicyclic) bond motifs is 1. The van der Waals surface area contributed by atoms with Gasteiger partial charge in [-0.2, -0.15) is 9.97 Å². The van der Waals surface area contributed by atoms with Crippen LogP contribution in [0.3, 0.4) is 0 Å². The third kappa shape index (κ3) is 2.71. The van der Waals surface area contributed by atoms with Crippen LogP contribution in [0.4, 0.5) is 11.8 Å². The van der Waals surface area contributed by atoms with Crippen molar-refractivity contribution in [3.63, 3.8) is 0 Å². The van der Waals surface area contributed by atoms with Gasteiger partial charge in [0.25, 0.3) is 0 Å². The monoisotopic (exact) mass is 353 g/mol. The summed E-state index contributed by atoms with van der Waals surface area (Å²) in [4.78, 5) is 27.2. The van der Waals surface area contributed by atoms with E-state index in [0.717, 1.165) is 10.9 Å². The van der Waals surface area contributed by atoms with Crippen LogP contribution in [0.25, 0.3) is 10.9 Å². The van der Waals surface area contributed by atoms with Crippen LogP contribution < -0.4 is 16.0 Å². The Kier molecular flexibility index (Phi) is 3.71. The van der Waals surface area contributed by atoms with Crippen molar-refractivity contribution in [2.75, 3.05) is 23.7 Å². The predicted octanol–water partition coefficient (Wildman–Crippen LogP) is 1.15. The molecule has 0 bridgehead atoms. The molecule has 0 saturated carbocycles. The van der Waals surface area contributed by atoms with Gasteiger partial charge >= 0.3 is 0 Å². The van der Waals surface area contributed by atoms with E-state index in [1.807, 2.05) is 29.2 Å². The molecule has 0 aliphatic carbocycles. The van der Waals surface area contributed by atoms with Crippen LogP contribution in [0.5, 0.6) is 0 Å². The van der Waals surface area contributed by atoms with E-state index < -0.39 is 5.54 Å². The summed E-state index contributed by atoms with van der Waals surface area (Å²) >= 11 is 0. The lowest BCUT2D eigenvalue weighted by atomic mass is 9.97. The highest BCUT2D eigenvalue weighted by Crippen LogP contribution is 2.33. The molecule has 1 aromatic carbocycles. The maximum Gasteiger partial charge on any atom is 0.227 e. The Hall–Kier alpha value is -3.23. The minimum atomic E-state index is -0.743. The number of nitrogen functional groups attached to an aromatic ring is 1. The highest BCUT2D eigenvalue weighted by molar-refractivity contribution is 5.88. The minimum Gasteiger partial charge on any atom is -0.383 e. The zero-order valence-corrected chi connectivity index (χ0v) is 14.6. The lowest BCUT2D eigenvalue weighted by molar-refractivity contribution is -0.120. The largest absolute Gasteiger partial charge is 0.383 e. The highest BCUT2D eigenvalue weighted by Gasteiger charge is 2.45. The summed E-state index contributed by atoms with van der Waals surface area (Å²) in [6.07, 6.45) is 0.613. The van der Waals surface area contributed by atoms with Gasteiger partial charge in [0.15, 0.2) is 5.82 Å². The van der Waals surface area contributed by atoms with E-state index in [2.05, 4.69) is 25.4 Å². The summed E-state index contributed by atoms with van der Waals surface area (Å²) in [6.45, 7) is 4.26. The number of hydrogen-bond acceptors (Lipinski definition) is 8. The normalized spacial score (nSPS) is 19.8. The summed E-state index contributed by atoms with van der Waals surface area (Å²) in [5.41, 5.74) is 6.14. The quantitative estimate of drug-likeness (QED) is 0.719. The zero-order chi connectivity index (χ0) is 18.3. The molecule has 3 heterocycles. The second-order valence-electron chi connectivity index (χ2n) is 6.50. The van der Waals surface area contributed by atoms with Crippen LogP contribution >= 0.6 is 0 Å². The Bertz CT molecular complexity index is 986. The number of hydrogen-bond donors (Lipinski definition) is 2. The van der Waals surface area contributed by atoms with Gasteiger partial charge in [0.05, 0.1) is 12.1 Å². The molecule has 1 aliphatic rings. The lowest BCUT2D eigenvalue weighted by Crippen LogP contribution is -2.48. The standard InChI is InChI=1S/C17H19N7O2/c1-10(25)22-17(15-19-11(2)26-23-15)7-8-24(9-17)16-20-13-6-4-3-5-12(13)14(18)21-16/h3-6H,7-9H2,1-2H3,(H,22,25)(H2,18,20,21)/t17-/m0/s1. The van der Waals surface area contributed by atoms with Gasteiger partial charge in [-0.3, -0.25) is 4.79 Å². The third-order valence-corrected chi connectivity index (χ3v) is 4.54. The number of para-hydroxylation sites is 1. The van der Waals surface area contributed by atoms with Gasteiger partial charge in [0, 0.05) is 25.8 Å². The highest BCUT2D eigenvalue weighted by atomic mass is 16.5. The van der Waals surface area contributed by atoms with Crippen LogP contribution in [-0.2, 0) is 10.3 Å². The van der Waals surface area contributed by atoms with Crippen molar-refractivity contribution < 1.29 is 9.32 Å². The molecular formula is C17H19N7O2. The fraction of sp³-hybridized carbons (Fsp3) is 0.353. The summed E-state index contributed by atoms with van der Waals surface area (Å²) in [6, 6.07) is 7.60. The van der Waals surface area contributed by atoms with Crippen molar-refractivity contribution in [1.82, 2.24) is 25.4 Å². The number of nitrogens with one attached hydrogen (secondary N) is 1. The molecule has 1 amide bonds. The molecule has 1 aliphatic heterocycles. The number of benzene rings is 1. The van der Waals surface area contributed by atoms with Crippen molar-refractivity contribution in [2.24, 2.45) is 0 Å². The number of amides is 1. The molecule has 9 nitrogen and oxygen atoms in total. The van der Waals surface area contributed by atoms with Gasteiger partial charge in [-0.25, -0.2) is 4.98 Å². The van der Waals surface area contributed by atoms with Gasteiger partial charge in [-0.05, 0) is 18.6 Å². The summed E-state index contributed by atoms with van der Waals surface area (Å²) in [7, 11) is 0. The van der Waals surface area contributed by atoms with E-state index in [4.69, 9.17) is 10.3 Å². The zero-order valence-electron chi connectivity index (χ0n) is 14.6. The number of anilines is 2. The van der Waals surface area contributed by atoms with Crippen molar-refractivity contribution >= 4 is 28.6 Å². The van der Waals surface area contributed by atoms with Gasteiger partial charge in [0.1, 0.15) is 11.4 Å². The van der Waals surface area contributed by atoms with Gasteiger partial charge in [-0.15, -0.1) is 0 Å². The summed E-state index contributed by atoms with van der Waals surface area (Å²) in [5.74, 6) is 1.70. The second-order valence-corrected chi connectivity index (χ2v) is 6.50. The SMILES string of the molecule is CC(=O)N[C@@]1(c2noc(C)n2)CCN(c2nc(N)c3ccccc3n2)C1. The average Bonchev–Trinajstić information content (AvgIpc) is 3.22. The van der Waals surface area contributed by atoms with Crippen LogP contribution in [0.2, 0.25) is 0 Å². The first-order valence-electron chi connectivity index (χ1n) is 8.34. The van der Waals surface area contributed by atoms with Crippen LogP contribution in [0, 0.1) is 6.92 Å². The smallest absolute Gasteiger partial charge is 0.227 e. The Morgan fingerprint density at radius 3 is 2.85 bits per heavy atom.